The van der Waals surface area contributed by atoms with Crippen molar-refractivity contribution in [2.75, 3.05) is 6.61 Å². The van der Waals surface area contributed by atoms with Gasteiger partial charge in [-0.3, -0.25) is 0 Å². The van der Waals surface area contributed by atoms with Gasteiger partial charge in [0.25, 0.3) is 0 Å². The molecule has 4 aliphatic rings. The maximum absolute atomic E-state index is 11.3. The molecular weight excluding hydrogens is 204 g/mol. The van der Waals surface area contributed by atoms with E-state index in [2.05, 4.69) is 6.58 Å². The van der Waals surface area contributed by atoms with Gasteiger partial charge in [0.1, 0.15) is 6.10 Å². The first-order valence-corrected chi connectivity index (χ1v) is 6.21. The molecule has 5 unspecified atom stereocenters. The van der Waals surface area contributed by atoms with Crippen molar-refractivity contribution in [3.63, 3.8) is 0 Å². The number of carbonyl (C=O) groups is 1. The summed E-state index contributed by atoms with van der Waals surface area (Å²) >= 11 is 0. The van der Waals surface area contributed by atoms with E-state index in [9.17, 15) is 4.79 Å². The molecule has 2 saturated carbocycles. The molecule has 4 fully saturated rings. The number of hydrogen-bond donors (Lipinski definition) is 0. The molecule has 0 aromatic carbocycles. The first kappa shape index (κ1) is 10.3. The monoisotopic (exact) mass is 222 g/mol. The fraction of sp³-hybridized carbons (Fsp3) is 0.769. The van der Waals surface area contributed by atoms with Gasteiger partial charge in [0.05, 0.1) is 12.7 Å². The van der Waals surface area contributed by atoms with E-state index in [1.54, 1.807) is 0 Å². The van der Waals surface area contributed by atoms with Gasteiger partial charge in [0.2, 0.25) is 0 Å². The predicted octanol–water partition coefficient (Wildman–Crippen LogP) is 1.92. The van der Waals surface area contributed by atoms with Gasteiger partial charge in [-0.15, -0.1) is 0 Å². The molecule has 3 heteroatoms. The summed E-state index contributed by atoms with van der Waals surface area (Å²) in [7, 11) is 0. The van der Waals surface area contributed by atoms with E-state index in [4.69, 9.17) is 9.47 Å². The first-order chi connectivity index (χ1) is 7.76. The lowest BCUT2D eigenvalue weighted by Crippen LogP contribution is -2.43. The molecule has 0 aromatic heterocycles. The summed E-state index contributed by atoms with van der Waals surface area (Å²) in [5, 5.41) is 0. The van der Waals surface area contributed by atoms with Crippen LogP contribution < -0.4 is 0 Å². The largest absolute Gasteiger partial charge is 0.459 e. The second-order valence-corrected chi connectivity index (χ2v) is 5.39. The molecule has 2 saturated heterocycles. The van der Waals surface area contributed by atoms with E-state index in [1.807, 2.05) is 0 Å². The minimum absolute atomic E-state index is 0.0760. The number of fused-ring (bicyclic) bond motifs is 1. The number of esters is 1. The smallest absolute Gasteiger partial charge is 0.330 e. The minimum atomic E-state index is -0.280. The lowest BCUT2D eigenvalue weighted by Gasteiger charge is -2.42. The predicted molar refractivity (Wildman–Crippen MR) is 58.8 cm³/mol. The summed E-state index contributed by atoms with van der Waals surface area (Å²) < 4.78 is 11.4. The Hall–Kier alpha value is -0.830. The van der Waals surface area contributed by atoms with Crippen molar-refractivity contribution in [1.29, 1.82) is 0 Å². The van der Waals surface area contributed by atoms with Crippen molar-refractivity contribution < 1.29 is 14.3 Å². The molecule has 5 atom stereocenters. The third-order valence-electron chi connectivity index (χ3n) is 4.33. The number of carbonyl (C=O) groups excluding carboxylic acids is 1. The van der Waals surface area contributed by atoms with Crippen LogP contribution in [-0.2, 0) is 14.3 Å². The van der Waals surface area contributed by atoms with Gasteiger partial charge in [0, 0.05) is 12.0 Å². The average molecular weight is 222 g/mol. The van der Waals surface area contributed by atoms with E-state index in [0.29, 0.717) is 17.9 Å². The Morgan fingerprint density at radius 3 is 2.88 bits per heavy atom. The lowest BCUT2D eigenvalue weighted by molar-refractivity contribution is -0.153. The Bertz CT molecular complexity index is 304. The molecule has 0 amide bonds. The fourth-order valence-corrected chi connectivity index (χ4v) is 3.77. The lowest BCUT2D eigenvalue weighted by atomic mass is 9.67. The molecule has 88 valence electrons. The summed E-state index contributed by atoms with van der Waals surface area (Å²) in [5.74, 6) is 1.46. The standard InChI is InChI=1S/C13H18O3/c1-2-12(14)16-13-9-3-8-4-10(13)7-15-11(5-8)6-9/h2,8-11,13H,1,3-7H2. The molecule has 0 aromatic rings. The van der Waals surface area contributed by atoms with Crippen LogP contribution in [-0.4, -0.2) is 24.8 Å². The van der Waals surface area contributed by atoms with Crippen LogP contribution in [0.4, 0.5) is 0 Å². The first-order valence-electron chi connectivity index (χ1n) is 6.21. The van der Waals surface area contributed by atoms with E-state index in [1.165, 1.54) is 25.3 Å². The van der Waals surface area contributed by atoms with Gasteiger partial charge in [0.15, 0.2) is 0 Å². The van der Waals surface area contributed by atoms with E-state index in [0.717, 1.165) is 18.9 Å². The second kappa shape index (κ2) is 3.88. The Kier molecular flexibility index (Phi) is 2.51. The molecule has 0 radical (unpaired) electrons. The highest BCUT2D eigenvalue weighted by Gasteiger charge is 2.47. The molecule has 0 N–H and O–H groups in total. The van der Waals surface area contributed by atoms with Crippen LogP contribution in [0.1, 0.15) is 25.7 Å². The molecule has 2 aliphatic carbocycles. The van der Waals surface area contributed by atoms with Crippen molar-refractivity contribution in [3.8, 4) is 0 Å². The molecule has 2 heterocycles. The summed E-state index contributed by atoms with van der Waals surface area (Å²) in [6, 6.07) is 0. The van der Waals surface area contributed by atoms with Gasteiger partial charge in [-0.1, -0.05) is 6.58 Å². The SMILES string of the molecule is C=CC(=O)OC1C2COC3CC(C2)CC1C3. The van der Waals surface area contributed by atoms with Crippen LogP contribution in [0.3, 0.4) is 0 Å². The van der Waals surface area contributed by atoms with E-state index in [-0.39, 0.29) is 12.1 Å². The number of ether oxygens (including phenoxy) is 2. The maximum atomic E-state index is 11.3. The van der Waals surface area contributed by atoms with Crippen molar-refractivity contribution in [3.05, 3.63) is 12.7 Å². The molecule has 16 heavy (non-hydrogen) atoms. The van der Waals surface area contributed by atoms with E-state index >= 15 is 0 Å². The van der Waals surface area contributed by atoms with Gasteiger partial charge in [-0.2, -0.15) is 0 Å². The summed E-state index contributed by atoms with van der Waals surface area (Å²) in [6.45, 7) is 4.23. The van der Waals surface area contributed by atoms with Crippen molar-refractivity contribution in [2.45, 2.75) is 37.9 Å². The topological polar surface area (TPSA) is 35.5 Å². The van der Waals surface area contributed by atoms with Crippen molar-refractivity contribution in [2.24, 2.45) is 17.8 Å². The number of rotatable bonds is 2. The van der Waals surface area contributed by atoms with Crippen molar-refractivity contribution >= 4 is 5.97 Å². The average Bonchev–Trinajstić information content (AvgIpc) is 2.49. The number of hydrogen-bond acceptors (Lipinski definition) is 3. The Labute approximate surface area is 95.8 Å². The molecule has 0 spiro atoms. The summed E-state index contributed by atoms with van der Waals surface area (Å²) in [4.78, 5) is 11.3. The maximum Gasteiger partial charge on any atom is 0.330 e. The zero-order valence-corrected chi connectivity index (χ0v) is 9.43. The van der Waals surface area contributed by atoms with Crippen LogP contribution >= 0.6 is 0 Å². The van der Waals surface area contributed by atoms with Gasteiger partial charge in [-0.25, -0.2) is 4.79 Å². The zero-order valence-electron chi connectivity index (χ0n) is 9.43. The normalized spacial score (nSPS) is 45.1. The van der Waals surface area contributed by atoms with Gasteiger partial charge < -0.3 is 9.47 Å². The minimum Gasteiger partial charge on any atom is -0.459 e. The third-order valence-corrected chi connectivity index (χ3v) is 4.33. The van der Waals surface area contributed by atoms with Crippen LogP contribution in [0.15, 0.2) is 12.7 Å². The highest BCUT2D eigenvalue weighted by Crippen LogP contribution is 2.47. The third kappa shape index (κ3) is 1.67. The molecule has 2 aliphatic heterocycles. The van der Waals surface area contributed by atoms with E-state index < -0.39 is 0 Å². The van der Waals surface area contributed by atoms with Gasteiger partial charge >= 0.3 is 5.97 Å². The van der Waals surface area contributed by atoms with Crippen LogP contribution in [0.25, 0.3) is 0 Å². The molecule has 4 bridgehead atoms. The Balaban J connectivity index is 1.79. The highest BCUT2D eigenvalue weighted by atomic mass is 16.5. The zero-order chi connectivity index (χ0) is 11.1. The van der Waals surface area contributed by atoms with Crippen LogP contribution in [0, 0.1) is 17.8 Å². The van der Waals surface area contributed by atoms with Crippen LogP contribution in [0.2, 0.25) is 0 Å². The summed E-state index contributed by atoms with van der Waals surface area (Å²) in [5.41, 5.74) is 0. The molecule has 3 nitrogen and oxygen atoms in total. The second-order valence-electron chi connectivity index (χ2n) is 5.39. The summed E-state index contributed by atoms with van der Waals surface area (Å²) in [6.07, 6.45) is 6.43. The van der Waals surface area contributed by atoms with Crippen LogP contribution in [0.5, 0.6) is 0 Å². The fourth-order valence-electron chi connectivity index (χ4n) is 3.77. The Morgan fingerprint density at radius 1 is 1.25 bits per heavy atom. The molecular formula is C13H18O3. The quantitative estimate of drug-likeness (QED) is 0.529. The highest BCUT2D eigenvalue weighted by molar-refractivity contribution is 5.81. The van der Waals surface area contributed by atoms with Gasteiger partial charge in [-0.05, 0) is 37.5 Å². The molecule has 4 rings (SSSR count). The van der Waals surface area contributed by atoms with Crippen molar-refractivity contribution in [1.82, 2.24) is 0 Å². The Morgan fingerprint density at radius 2 is 2.06 bits per heavy atom.